The minimum atomic E-state index is -0.286. The summed E-state index contributed by atoms with van der Waals surface area (Å²) in [7, 11) is 0. The van der Waals surface area contributed by atoms with Crippen molar-refractivity contribution in [1.29, 1.82) is 5.26 Å². The van der Waals surface area contributed by atoms with Crippen LogP contribution in [0.1, 0.15) is 11.4 Å². The average molecular weight is 466 g/mol. The highest BCUT2D eigenvalue weighted by Crippen LogP contribution is 2.29. The van der Waals surface area contributed by atoms with Gasteiger partial charge in [0.1, 0.15) is 11.8 Å². The number of fused-ring (bicyclic) bond motifs is 2. The van der Waals surface area contributed by atoms with E-state index in [1.54, 1.807) is 29.0 Å². The van der Waals surface area contributed by atoms with Crippen molar-refractivity contribution < 1.29 is 0 Å². The first-order valence-electron chi connectivity index (χ1n) is 11.4. The molecule has 0 saturated heterocycles. The SMILES string of the molecule is N#C/C(=C\c1cn(-c2ccccc2)nc1-c1ccc2ccccc2c1)c1nc2ccccc2c(=O)[nH]1. The van der Waals surface area contributed by atoms with Gasteiger partial charge in [0, 0.05) is 17.3 Å². The van der Waals surface area contributed by atoms with Crippen LogP contribution in [0.2, 0.25) is 0 Å². The molecule has 2 heterocycles. The number of nitrogens with one attached hydrogen (secondary N) is 1. The van der Waals surface area contributed by atoms with Crippen LogP contribution in [0.25, 0.3) is 50.3 Å². The third-order valence-corrected chi connectivity index (χ3v) is 6.07. The molecule has 4 aromatic carbocycles. The summed E-state index contributed by atoms with van der Waals surface area (Å²) in [6.07, 6.45) is 3.61. The summed E-state index contributed by atoms with van der Waals surface area (Å²) in [6, 6.07) is 33.4. The van der Waals surface area contributed by atoms with Crippen molar-refractivity contribution in [3.05, 3.63) is 125 Å². The lowest BCUT2D eigenvalue weighted by Crippen LogP contribution is -2.11. The van der Waals surface area contributed by atoms with Crippen LogP contribution in [0.3, 0.4) is 0 Å². The fourth-order valence-electron chi connectivity index (χ4n) is 4.29. The van der Waals surface area contributed by atoms with Crippen LogP contribution < -0.4 is 5.56 Å². The third kappa shape index (κ3) is 3.85. The largest absolute Gasteiger partial charge is 0.305 e. The van der Waals surface area contributed by atoms with E-state index in [1.807, 2.05) is 60.8 Å². The van der Waals surface area contributed by atoms with Gasteiger partial charge in [-0.1, -0.05) is 66.7 Å². The van der Waals surface area contributed by atoms with Gasteiger partial charge in [0.15, 0.2) is 5.82 Å². The van der Waals surface area contributed by atoms with E-state index < -0.39 is 0 Å². The van der Waals surface area contributed by atoms with Gasteiger partial charge in [-0.3, -0.25) is 4.79 Å². The number of H-pyrrole nitrogens is 1. The minimum absolute atomic E-state index is 0.220. The second-order valence-electron chi connectivity index (χ2n) is 8.38. The zero-order chi connectivity index (χ0) is 24.5. The van der Waals surface area contributed by atoms with Gasteiger partial charge in [-0.15, -0.1) is 0 Å². The molecule has 6 rings (SSSR count). The van der Waals surface area contributed by atoms with Crippen molar-refractivity contribution in [2.45, 2.75) is 0 Å². The quantitative estimate of drug-likeness (QED) is 0.324. The second-order valence-corrected chi connectivity index (χ2v) is 8.38. The van der Waals surface area contributed by atoms with Crippen molar-refractivity contribution in [3.8, 4) is 23.0 Å². The number of nitriles is 1. The number of benzene rings is 4. The first-order valence-corrected chi connectivity index (χ1v) is 11.4. The Labute approximate surface area is 206 Å². The maximum Gasteiger partial charge on any atom is 0.259 e. The van der Waals surface area contributed by atoms with Gasteiger partial charge in [-0.05, 0) is 47.2 Å². The number of rotatable bonds is 4. The molecular formula is C30H19N5O. The molecule has 0 fully saturated rings. The van der Waals surface area contributed by atoms with Crippen LogP contribution >= 0.6 is 0 Å². The molecule has 0 spiro atoms. The Morgan fingerprint density at radius 3 is 2.47 bits per heavy atom. The highest BCUT2D eigenvalue weighted by molar-refractivity contribution is 5.93. The van der Waals surface area contributed by atoms with E-state index in [9.17, 15) is 10.1 Å². The third-order valence-electron chi connectivity index (χ3n) is 6.07. The molecule has 0 radical (unpaired) electrons. The Balaban J connectivity index is 1.54. The smallest absolute Gasteiger partial charge is 0.259 e. The molecule has 2 aromatic heterocycles. The van der Waals surface area contributed by atoms with Gasteiger partial charge in [0.05, 0.1) is 22.2 Å². The van der Waals surface area contributed by atoms with Crippen LogP contribution in [0.15, 0.2) is 108 Å². The molecule has 0 aliphatic rings. The Bertz CT molecular complexity index is 1870. The average Bonchev–Trinajstić information content (AvgIpc) is 3.36. The van der Waals surface area contributed by atoms with E-state index >= 15 is 0 Å². The number of allylic oxidation sites excluding steroid dienone is 1. The lowest BCUT2D eigenvalue weighted by atomic mass is 10.0. The minimum Gasteiger partial charge on any atom is -0.305 e. The molecule has 6 nitrogen and oxygen atoms in total. The number of aromatic amines is 1. The number of hydrogen-bond acceptors (Lipinski definition) is 4. The Hall–Kier alpha value is -5.28. The number of nitrogens with zero attached hydrogens (tertiary/aromatic N) is 4. The molecule has 170 valence electrons. The van der Waals surface area contributed by atoms with E-state index in [2.05, 4.69) is 40.3 Å². The maximum atomic E-state index is 12.6. The molecule has 6 aromatic rings. The Kier molecular flexibility index (Phi) is 5.21. The molecule has 0 saturated carbocycles. The van der Waals surface area contributed by atoms with Gasteiger partial charge in [-0.2, -0.15) is 10.4 Å². The summed E-state index contributed by atoms with van der Waals surface area (Å²) >= 11 is 0. The first kappa shape index (κ1) is 21.3. The van der Waals surface area contributed by atoms with E-state index in [1.165, 1.54) is 0 Å². The van der Waals surface area contributed by atoms with E-state index in [-0.39, 0.29) is 17.0 Å². The molecule has 6 heteroatoms. The molecule has 36 heavy (non-hydrogen) atoms. The summed E-state index contributed by atoms with van der Waals surface area (Å²) in [6.45, 7) is 0. The van der Waals surface area contributed by atoms with Crippen molar-refractivity contribution in [3.63, 3.8) is 0 Å². The standard InChI is InChI=1S/C30H19N5O/c31-18-23(29-32-27-13-7-6-12-26(27)30(36)33-29)17-24-19-35(25-10-2-1-3-11-25)34-28(24)22-15-14-20-8-4-5-9-21(20)16-22/h1-17,19H,(H,32,33,36)/b23-17+. The molecule has 0 aliphatic heterocycles. The molecule has 0 unspecified atom stereocenters. The molecular weight excluding hydrogens is 446 g/mol. The van der Waals surface area contributed by atoms with Gasteiger partial charge in [-0.25, -0.2) is 9.67 Å². The summed E-state index contributed by atoms with van der Waals surface area (Å²) in [5.74, 6) is 0.220. The lowest BCUT2D eigenvalue weighted by Gasteiger charge is -2.04. The van der Waals surface area contributed by atoms with Gasteiger partial charge < -0.3 is 4.98 Å². The Morgan fingerprint density at radius 2 is 1.64 bits per heavy atom. The monoisotopic (exact) mass is 465 g/mol. The van der Waals surface area contributed by atoms with E-state index in [4.69, 9.17) is 5.10 Å². The van der Waals surface area contributed by atoms with Crippen molar-refractivity contribution in [2.75, 3.05) is 0 Å². The summed E-state index contributed by atoms with van der Waals surface area (Å²) in [5, 5.41) is 17.6. The summed E-state index contributed by atoms with van der Waals surface area (Å²) in [4.78, 5) is 19.9. The van der Waals surface area contributed by atoms with Crippen LogP contribution in [0.5, 0.6) is 0 Å². The predicted octanol–water partition coefficient (Wildman–Crippen LogP) is 5.99. The normalized spacial score (nSPS) is 11.6. The second kappa shape index (κ2) is 8.82. The van der Waals surface area contributed by atoms with Crippen LogP contribution in [0.4, 0.5) is 0 Å². The van der Waals surface area contributed by atoms with Gasteiger partial charge in [0.25, 0.3) is 5.56 Å². The molecule has 0 atom stereocenters. The van der Waals surface area contributed by atoms with Crippen LogP contribution in [-0.4, -0.2) is 19.7 Å². The Morgan fingerprint density at radius 1 is 0.889 bits per heavy atom. The fraction of sp³-hybridized carbons (Fsp3) is 0. The first-order chi connectivity index (χ1) is 17.7. The number of para-hydroxylation sites is 2. The fourth-order valence-corrected chi connectivity index (χ4v) is 4.29. The molecule has 1 N–H and O–H groups in total. The van der Waals surface area contributed by atoms with Crippen molar-refractivity contribution >= 4 is 33.3 Å². The van der Waals surface area contributed by atoms with Crippen LogP contribution in [-0.2, 0) is 0 Å². The zero-order valence-corrected chi connectivity index (χ0v) is 19.1. The maximum absolute atomic E-state index is 12.6. The predicted molar refractivity (Wildman–Crippen MR) is 142 cm³/mol. The molecule has 0 amide bonds. The molecule has 0 bridgehead atoms. The van der Waals surface area contributed by atoms with Gasteiger partial charge >= 0.3 is 0 Å². The summed E-state index contributed by atoms with van der Waals surface area (Å²) < 4.78 is 1.79. The molecule has 0 aliphatic carbocycles. The highest BCUT2D eigenvalue weighted by atomic mass is 16.1. The van der Waals surface area contributed by atoms with Crippen molar-refractivity contribution in [2.24, 2.45) is 0 Å². The topological polar surface area (TPSA) is 87.4 Å². The highest BCUT2D eigenvalue weighted by Gasteiger charge is 2.15. The zero-order valence-electron chi connectivity index (χ0n) is 19.1. The van der Waals surface area contributed by atoms with E-state index in [0.29, 0.717) is 10.9 Å². The van der Waals surface area contributed by atoms with E-state index in [0.717, 1.165) is 33.3 Å². The number of aromatic nitrogens is 4. The lowest BCUT2D eigenvalue weighted by molar-refractivity contribution is 0.884. The van der Waals surface area contributed by atoms with Gasteiger partial charge in [0.2, 0.25) is 0 Å². The number of hydrogen-bond donors (Lipinski definition) is 1. The van der Waals surface area contributed by atoms with Crippen molar-refractivity contribution in [1.82, 2.24) is 19.7 Å². The summed E-state index contributed by atoms with van der Waals surface area (Å²) in [5.41, 5.74) is 3.77. The van der Waals surface area contributed by atoms with Crippen LogP contribution in [0, 0.1) is 11.3 Å².